The van der Waals surface area contributed by atoms with Gasteiger partial charge in [0.2, 0.25) is 5.91 Å². The molecule has 3 N–H and O–H groups in total. The van der Waals surface area contributed by atoms with Crippen molar-refractivity contribution in [1.29, 1.82) is 5.26 Å². The van der Waals surface area contributed by atoms with Gasteiger partial charge >= 0.3 is 0 Å². The van der Waals surface area contributed by atoms with E-state index in [4.69, 9.17) is 0 Å². The number of benzene rings is 3. The molecule has 4 rings (SSSR count). The second-order valence-electron chi connectivity index (χ2n) is 8.23. The summed E-state index contributed by atoms with van der Waals surface area (Å²) >= 11 is 1.26. The van der Waals surface area contributed by atoms with Crippen LogP contribution in [0.4, 0.5) is 5.69 Å². The zero-order valence-corrected chi connectivity index (χ0v) is 20.6. The molecule has 0 fully saturated rings. The van der Waals surface area contributed by atoms with E-state index in [1.807, 2.05) is 97.9 Å². The van der Waals surface area contributed by atoms with Gasteiger partial charge in [-0.25, -0.2) is 0 Å². The Morgan fingerprint density at radius 3 is 2.19 bits per heavy atom. The Morgan fingerprint density at radius 2 is 1.56 bits per heavy atom. The minimum Gasteiger partial charge on any atom is -0.353 e. The van der Waals surface area contributed by atoms with Crippen molar-refractivity contribution < 1.29 is 9.59 Å². The molecular weight excluding hydrogens is 468 g/mol. The molecule has 1 aliphatic rings. The molecule has 1 aliphatic heterocycles. The van der Waals surface area contributed by atoms with Gasteiger partial charge in [-0.05, 0) is 30.2 Å². The second kappa shape index (κ2) is 11.9. The monoisotopic (exact) mass is 494 g/mol. The molecule has 0 aliphatic carbocycles. The van der Waals surface area contributed by atoms with Crippen molar-refractivity contribution in [1.82, 2.24) is 10.6 Å². The first-order chi connectivity index (χ1) is 17.6. The van der Waals surface area contributed by atoms with Gasteiger partial charge < -0.3 is 16.0 Å². The minimum atomic E-state index is -0.559. The Balaban J connectivity index is 1.56. The third-order valence-electron chi connectivity index (χ3n) is 5.74. The quantitative estimate of drug-likeness (QED) is 0.406. The maximum absolute atomic E-state index is 13.4. The molecule has 0 spiro atoms. The Labute approximate surface area is 215 Å². The topological polar surface area (TPSA) is 94.0 Å². The zero-order valence-electron chi connectivity index (χ0n) is 19.8. The van der Waals surface area contributed by atoms with Gasteiger partial charge in [0.15, 0.2) is 0 Å². The van der Waals surface area contributed by atoms with Gasteiger partial charge in [-0.1, -0.05) is 90.6 Å². The number of rotatable bonds is 8. The van der Waals surface area contributed by atoms with E-state index in [0.29, 0.717) is 34.1 Å². The highest BCUT2D eigenvalue weighted by Crippen LogP contribution is 2.40. The third kappa shape index (κ3) is 6.04. The summed E-state index contributed by atoms with van der Waals surface area (Å²) in [5, 5.41) is 19.8. The van der Waals surface area contributed by atoms with E-state index in [1.165, 1.54) is 11.8 Å². The number of para-hydroxylation sites is 1. The molecule has 1 unspecified atom stereocenters. The molecule has 2 amide bonds. The number of dihydropyridines is 1. The lowest BCUT2D eigenvalue weighted by Crippen LogP contribution is -2.31. The fourth-order valence-electron chi connectivity index (χ4n) is 4.01. The Morgan fingerprint density at radius 1 is 0.944 bits per heavy atom. The minimum absolute atomic E-state index is 0.138. The summed E-state index contributed by atoms with van der Waals surface area (Å²) in [4.78, 5) is 25.9. The van der Waals surface area contributed by atoms with Gasteiger partial charge in [-0.15, -0.1) is 0 Å². The summed E-state index contributed by atoms with van der Waals surface area (Å²) in [6.45, 7) is 2.26. The average molecular weight is 495 g/mol. The van der Waals surface area contributed by atoms with E-state index in [0.717, 1.165) is 11.1 Å². The zero-order chi connectivity index (χ0) is 25.3. The second-order valence-corrected chi connectivity index (χ2v) is 9.22. The van der Waals surface area contributed by atoms with Crippen LogP contribution in [-0.4, -0.2) is 17.6 Å². The standard InChI is InChI=1S/C29H26N4O2S/c1-20-26(28(35)33-23-15-9-4-10-16-23)27(22-13-7-3-8-14-22)24(17-30)29(32-20)36-19-25(34)31-18-21-11-5-2-6-12-21/h2-16,27,32H,18-19H2,1H3,(H,31,34)(H,33,35). The van der Waals surface area contributed by atoms with Crippen LogP contribution in [-0.2, 0) is 16.1 Å². The largest absolute Gasteiger partial charge is 0.353 e. The molecular formula is C29H26N4O2S. The van der Waals surface area contributed by atoms with E-state index < -0.39 is 5.92 Å². The van der Waals surface area contributed by atoms with Gasteiger partial charge in [-0.3, -0.25) is 9.59 Å². The number of hydrogen-bond donors (Lipinski definition) is 3. The maximum Gasteiger partial charge on any atom is 0.254 e. The van der Waals surface area contributed by atoms with Crippen molar-refractivity contribution in [3.05, 3.63) is 124 Å². The predicted octanol–water partition coefficient (Wildman–Crippen LogP) is 5.07. The van der Waals surface area contributed by atoms with Gasteiger partial charge in [0.1, 0.15) is 0 Å². The molecule has 0 radical (unpaired) electrons. The highest BCUT2D eigenvalue weighted by Gasteiger charge is 2.34. The van der Waals surface area contributed by atoms with Crippen LogP contribution < -0.4 is 16.0 Å². The van der Waals surface area contributed by atoms with Crippen molar-refractivity contribution in [3.63, 3.8) is 0 Å². The van der Waals surface area contributed by atoms with Crippen LogP contribution >= 0.6 is 11.8 Å². The van der Waals surface area contributed by atoms with E-state index in [9.17, 15) is 14.9 Å². The summed E-state index contributed by atoms with van der Waals surface area (Å²) in [5.41, 5.74) is 4.04. The van der Waals surface area contributed by atoms with E-state index in [1.54, 1.807) is 0 Å². The summed E-state index contributed by atoms with van der Waals surface area (Å²) in [7, 11) is 0. The molecule has 1 atom stereocenters. The first-order valence-electron chi connectivity index (χ1n) is 11.5. The highest BCUT2D eigenvalue weighted by molar-refractivity contribution is 8.03. The third-order valence-corrected chi connectivity index (χ3v) is 6.75. The van der Waals surface area contributed by atoms with Gasteiger partial charge in [0, 0.05) is 23.5 Å². The van der Waals surface area contributed by atoms with Crippen molar-refractivity contribution in [3.8, 4) is 6.07 Å². The molecule has 0 saturated carbocycles. The number of amides is 2. The van der Waals surface area contributed by atoms with Crippen LogP contribution in [0.5, 0.6) is 0 Å². The van der Waals surface area contributed by atoms with Gasteiger partial charge in [0.25, 0.3) is 5.91 Å². The first kappa shape index (κ1) is 24.8. The van der Waals surface area contributed by atoms with Crippen molar-refractivity contribution in [2.24, 2.45) is 0 Å². The number of nitrogens with zero attached hydrogens (tertiary/aromatic N) is 1. The van der Waals surface area contributed by atoms with Crippen LogP contribution in [0.15, 0.2) is 113 Å². The molecule has 36 heavy (non-hydrogen) atoms. The number of anilines is 1. The normalized spacial score (nSPS) is 15.1. The molecule has 0 bridgehead atoms. The fourth-order valence-corrected chi connectivity index (χ4v) is 4.93. The lowest BCUT2D eigenvalue weighted by molar-refractivity contribution is -0.118. The van der Waals surface area contributed by atoms with Crippen LogP contribution in [0.25, 0.3) is 0 Å². The number of carbonyl (C=O) groups is 2. The molecule has 0 saturated heterocycles. The molecule has 3 aromatic carbocycles. The van der Waals surface area contributed by atoms with Crippen LogP contribution in [0.3, 0.4) is 0 Å². The number of allylic oxidation sites excluding steroid dienone is 2. The van der Waals surface area contributed by atoms with E-state index in [-0.39, 0.29) is 17.6 Å². The van der Waals surface area contributed by atoms with E-state index in [2.05, 4.69) is 22.0 Å². The molecule has 1 heterocycles. The number of hydrogen-bond acceptors (Lipinski definition) is 5. The lowest BCUT2D eigenvalue weighted by atomic mass is 9.82. The van der Waals surface area contributed by atoms with Gasteiger partial charge in [-0.2, -0.15) is 5.26 Å². The van der Waals surface area contributed by atoms with Crippen LogP contribution in [0.2, 0.25) is 0 Å². The first-order valence-corrected chi connectivity index (χ1v) is 12.5. The molecule has 3 aromatic rings. The van der Waals surface area contributed by atoms with Crippen molar-refractivity contribution >= 4 is 29.3 Å². The molecule has 180 valence electrons. The van der Waals surface area contributed by atoms with Crippen molar-refractivity contribution in [2.45, 2.75) is 19.4 Å². The van der Waals surface area contributed by atoms with Gasteiger partial charge in [0.05, 0.1) is 28.3 Å². The number of nitrogens with one attached hydrogen (secondary N) is 3. The number of nitriles is 1. The summed E-state index contributed by atoms with van der Waals surface area (Å²) in [6, 6.07) is 30.7. The lowest BCUT2D eigenvalue weighted by Gasteiger charge is -2.29. The molecule has 6 nitrogen and oxygen atoms in total. The highest BCUT2D eigenvalue weighted by atomic mass is 32.2. The smallest absolute Gasteiger partial charge is 0.254 e. The van der Waals surface area contributed by atoms with E-state index >= 15 is 0 Å². The van der Waals surface area contributed by atoms with Crippen LogP contribution in [0.1, 0.15) is 24.0 Å². The van der Waals surface area contributed by atoms with Crippen LogP contribution in [0, 0.1) is 11.3 Å². The summed E-state index contributed by atoms with van der Waals surface area (Å²) in [5.74, 6) is -0.838. The molecule has 0 aromatic heterocycles. The Bertz CT molecular complexity index is 1330. The number of thioether (sulfide) groups is 1. The Hall–Kier alpha value is -4.28. The SMILES string of the molecule is CC1=C(C(=O)Nc2ccccc2)C(c2ccccc2)C(C#N)=C(SCC(=O)NCc2ccccc2)N1. The summed E-state index contributed by atoms with van der Waals surface area (Å²) in [6.07, 6.45) is 0. The average Bonchev–Trinajstić information content (AvgIpc) is 2.91. The maximum atomic E-state index is 13.4. The van der Waals surface area contributed by atoms with Crippen molar-refractivity contribution in [2.75, 3.05) is 11.1 Å². The fraction of sp³-hybridized carbons (Fsp3) is 0.138. The molecule has 7 heteroatoms. The number of carbonyl (C=O) groups excluding carboxylic acids is 2. The Kier molecular flexibility index (Phi) is 8.22. The predicted molar refractivity (Wildman–Crippen MR) is 143 cm³/mol. The summed E-state index contributed by atoms with van der Waals surface area (Å²) < 4.78 is 0.